The predicted molar refractivity (Wildman–Crippen MR) is 110 cm³/mol. The minimum atomic E-state index is -0.170. The van der Waals surface area contributed by atoms with Gasteiger partial charge in [-0.05, 0) is 42.0 Å². The summed E-state index contributed by atoms with van der Waals surface area (Å²) in [7, 11) is 1.63. The smallest absolute Gasteiger partial charge is 0.255 e. The van der Waals surface area contributed by atoms with Crippen molar-refractivity contribution in [1.82, 2.24) is 10.1 Å². The molecule has 1 aromatic heterocycles. The molecule has 4 aromatic rings. The van der Waals surface area contributed by atoms with Crippen LogP contribution in [0.4, 0.5) is 5.69 Å². The molecule has 6 nitrogen and oxygen atoms in total. The van der Waals surface area contributed by atoms with E-state index in [1.54, 1.807) is 19.2 Å². The van der Waals surface area contributed by atoms with Gasteiger partial charge >= 0.3 is 0 Å². The lowest BCUT2D eigenvalue weighted by molar-refractivity contribution is 0.102. The van der Waals surface area contributed by atoms with Gasteiger partial charge in [-0.1, -0.05) is 47.6 Å². The number of rotatable bonds is 6. The minimum absolute atomic E-state index is 0.170. The predicted octanol–water partition coefficient (Wildman–Crippen LogP) is 4.59. The van der Waals surface area contributed by atoms with Crippen LogP contribution in [0.1, 0.15) is 21.8 Å². The van der Waals surface area contributed by atoms with Crippen LogP contribution >= 0.6 is 0 Å². The van der Waals surface area contributed by atoms with Gasteiger partial charge in [-0.25, -0.2) is 0 Å². The van der Waals surface area contributed by atoms with E-state index in [0.717, 1.165) is 16.9 Å². The van der Waals surface area contributed by atoms with E-state index in [2.05, 4.69) is 15.5 Å². The van der Waals surface area contributed by atoms with Crippen LogP contribution in [0.3, 0.4) is 0 Å². The van der Waals surface area contributed by atoms with Crippen molar-refractivity contribution >= 4 is 11.6 Å². The maximum Gasteiger partial charge on any atom is 0.255 e. The second kappa shape index (κ2) is 8.39. The Balaban J connectivity index is 1.47. The summed E-state index contributed by atoms with van der Waals surface area (Å²) in [5.74, 6) is 1.62. The van der Waals surface area contributed by atoms with Crippen molar-refractivity contribution in [3.8, 4) is 17.1 Å². The summed E-state index contributed by atoms with van der Waals surface area (Å²) in [4.78, 5) is 16.8. The highest BCUT2D eigenvalue weighted by molar-refractivity contribution is 6.04. The number of anilines is 1. The topological polar surface area (TPSA) is 77.2 Å². The first-order chi connectivity index (χ1) is 14.2. The molecule has 0 aliphatic heterocycles. The number of amides is 1. The lowest BCUT2D eigenvalue weighted by Gasteiger charge is -2.06. The fraction of sp³-hybridized carbons (Fsp3) is 0.0870. The number of carbonyl (C=O) groups excluding carboxylic acids is 1. The number of ether oxygens (including phenoxy) is 1. The van der Waals surface area contributed by atoms with Crippen LogP contribution < -0.4 is 10.1 Å². The summed E-state index contributed by atoms with van der Waals surface area (Å²) in [5.41, 5.74) is 3.07. The molecule has 0 saturated carbocycles. The number of methoxy groups -OCH3 is 1. The maximum atomic E-state index is 12.3. The zero-order valence-corrected chi connectivity index (χ0v) is 15.8. The molecule has 0 spiro atoms. The van der Waals surface area contributed by atoms with Crippen LogP contribution in [-0.2, 0) is 6.42 Å². The molecule has 0 aliphatic rings. The number of hydrogen-bond acceptors (Lipinski definition) is 5. The fourth-order valence-corrected chi connectivity index (χ4v) is 2.89. The first kappa shape index (κ1) is 18.4. The van der Waals surface area contributed by atoms with Gasteiger partial charge in [0.1, 0.15) is 5.75 Å². The van der Waals surface area contributed by atoms with Crippen molar-refractivity contribution in [2.45, 2.75) is 6.42 Å². The summed E-state index contributed by atoms with van der Waals surface area (Å²) in [6.07, 6.45) is 0.529. The first-order valence-corrected chi connectivity index (χ1v) is 9.13. The summed E-state index contributed by atoms with van der Waals surface area (Å²) >= 11 is 0. The van der Waals surface area contributed by atoms with Gasteiger partial charge < -0.3 is 14.6 Å². The highest BCUT2D eigenvalue weighted by Gasteiger charge is 2.11. The van der Waals surface area contributed by atoms with Crippen LogP contribution in [0.2, 0.25) is 0 Å². The van der Waals surface area contributed by atoms with E-state index < -0.39 is 0 Å². The Labute approximate surface area is 168 Å². The molecule has 1 N–H and O–H groups in total. The van der Waals surface area contributed by atoms with Crippen LogP contribution in [0.15, 0.2) is 83.4 Å². The summed E-state index contributed by atoms with van der Waals surface area (Å²) in [6.45, 7) is 0. The molecule has 0 saturated heterocycles. The van der Waals surface area contributed by atoms with Crippen molar-refractivity contribution in [2.75, 3.05) is 12.4 Å². The largest absolute Gasteiger partial charge is 0.497 e. The molecule has 0 radical (unpaired) electrons. The SMILES string of the molecule is COc1ccc(Cc2nc(-c3cccc(NC(=O)c4ccccc4)c3)no2)cc1. The van der Waals surface area contributed by atoms with Gasteiger partial charge in [0.15, 0.2) is 0 Å². The molecular weight excluding hydrogens is 366 g/mol. The van der Waals surface area contributed by atoms with Crippen molar-refractivity contribution in [3.05, 3.63) is 95.9 Å². The van der Waals surface area contributed by atoms with Crippen molar-refractivity contribution in [2.24, 2.45) is 0 Å². The normalized spacial score (nSPS) is 10.5. The molecule has 0 aliphatic carbocycles. The van der Waals surface area contributed by atoms with Crippen LogP contribution in [-0.4, -0.2) is 23.2 Å². The molecular formula is C23H19N3O3. The maximum absolute atomic E-state index is 12.3. The molecule has 0 atom stereocenters. The Bertz CT molecular complexity index is 1110. The number of nitrogens with zero attached hydrogens (tertiary/aromatic N) is 2. The fourth-order valence-electron chi connectivity index (χ4n) is 2.89. The Morgan fingerprint density at radius 3 is 2.55 bits per heavy atom. The number of hydrogen-bond donors (Lipinski definition) is 1. The number of benzene rings is 3. The van der Waals surface area contributed by atoms with Crippen LogP contribution in [0, 0.1) is 0 Å². The molecule has 3 aromatic carbocycles. The van der Waals surface area contributed by atoms with Crippen LogP contribution in [0.5, 0.6) is 5.75 Å². The van der Waals surface area contributed by atoms with Gasteiger partial charge in [-0.15, -0.1) is 0 Å². The lowest BCUT2D eigenvalue weighted by atomic mass is 10.1. The van der Waals surface area contributed by atoms with Gasteiger partial charge in [0.05, 0.1) is 13.5 Å². The monoisotopic (exact) mass is 385 g/mol. The van der Waals surface area contributed by atoms with Gasteiger partial charge in [0, 0.05) is 16.8 Å². The Kier molecular flexibility index (Phi) is 5.33. The van der Waals surface area contributed by atoms with E-state index in [4.69, 9.17) is 9.26 Å². The molecule has 6 heteroatoms. The summed E-state index contributed by atoms with van der Waals surface area (Å²) < 4.78 is 10.6. The second-order valence-electron chi connectivity index (χ2n) is 6.44. The molecule has 0 bridgehead atoms. The van der Waals surface area contributed by atoms with E-state index in [1.807, 2.05) is 66.7 Å². The standard InChI is InChI=1S/C23H19N3O3/c1-28-20-12-10-16(11-13-20)14-21-25-22(26-29-21)18-8-5-9-19(15-18)24-23(27)17-6-3-2-4-7-17/h2-13,15H,14H2,1H3,(H,24,27). The zero-order chi connectivity index (χ0) is 20.1. The molecule has 1 heterocycles. The average Bonchev–Trinajstić information content (AvgIpc) is 3.24. The third kappa shape index (κ3) is 4.50. The Morgan fingerprint density at radius 2 is 1.79 bits per heavy atom. The van der Waals surface area contributed by atoms with E-state index in [9.17, 15) is 4.79 Å². The molecule has 4 rings (SSSR count). The Hall–Kier alpha value is -3.93. The van der Waals surface area contributed by atoms with E-state index in [-0.39, 0.29) is 5.91 Å². The average molecular weight is 385 g/mol. The van der Waals surface area contributed by atoms with Gasteiger partial charge in [0.25, 0.3) is 5.91 Å². The Morgan fingerprint density at radius 1 is 1.00 bits per heavy atom. The van der Waals surface area contributed by atoms with Gasteiger partial charge in [0.2, 0.25) is 11.7 Å². The van der Waals surface area contributed by atoms with Gasteiger partial charge in [-0.2, -0.15) is 4.98 Å². The van der Waals surface area contributed by atoms with Crippen LogP contribution in [0.25, 0.3) is 11.4 Å². The molecule has 144 valence electrons. The third-order valence-corrected chi connectivity index (χ3v) is 4.40. The number of nitrogens with one attached hydrogen (secondary N) is 1. The molecule has 0 unspecified atom stereocenters. The number of aromatic nitrogens is 2. The summed E-state index contributed by atoms with van der Waals surface area (Å²) in [5, 5.41) is 6.96. The lowest BCUT2D eigenvalue weighted by Crippen LogP contribution is -2.11. The second-order valence-corrected chi connectivity index (χ2v) is 6.44. The van der Waals surface area contributed by atoms with Crippen molar-refractivity contribution in [3.63, 3.8) is 0 Å². The molecule has 29 heavy (non-hydrogen) atoms. The highest BCUT2D eigenvalue weighted by Crippen LogP contribution is 2.22. The van der Waals surface area contributed by atoms with E-state index >= 15 is 0 Å². The first-order valence-electron chi connectivity index (χ1n) is 9.13. The quantitative estimate of drug-likeness (QED) is 0.525. The third-order valence-electron chi connectivity index (χ3n) is 4.40. The zero-order valence-electron chi connectivity index (χ0n) is 15.8. The van der Waals surface area contributed by atoms with Gasteiger partial charge in [-0.3, -0.25) is 4.79 Å². The molecule has 1 amide bonds. The van der Waals surface area contributed by atoms with E-state index in [1.165, 1.54) is 0 Å². The minimum Gasteiger partial charge on any atom is -0.497 e. The van der Waals surface area contributed by atoms with E-state index in [0.29, 0.717) is 29.4 Å². The van der Waals surface area contributed by atoms with Crippen molar-refractivity contribution in [1.29, 1.82) is 0 Å². The highest BCUT2D eigenvalue weighted by atomic mass is 16.5. The summed E-state index contributed by atoms with van der Waals surface area (Å²) in [6, 6.07) is 24.1. The number of carbonyl (C=O) groups is 1. The van der Waals surface area contributed by atoms with Crippen molar-refractivity contribution < 1.29 is 14.1 Å². The molecule has 0 fully saturated rings.